The molecule has 0 radical (unpaired) electrons. The minimum Gasteiger partial charge on any atom is -0.323 e. The van der Waals surface area contributed by atoms with Gasteiger partial charge in [-0.3, -0.25) is 0 Å². The van der Waals surface area contributed by atoms with Crippen LogP contribution in [0, 0.1) is 17.3 Å². The second-order valence-corrected chi connectivity index (χ2v) is 2.35. The Bertz CT molecular complexity index is 311. The number of hydrogen-bond donors (Lipinski definition) is 1. The molecule has 1 aromatic heterocycles. The molecule has 5 heteroatoms. The fraction of sp³-hybridized carbons (Fsp3) is 0.250. The monoisotopic (exact) mass is 201 g/mol. The van der Waals surface area contributed by atoms with Crippen LogP contribution in [0.25, 0.3) is 0 Å². The van der Waals surface area contributed by atoms with E-state index in [2.05, 4.69) is 4.98 Å². The lowest BCUT2D eigenvalue weighted by molar-refractivity contribution is 0.546. The summed E-state index contributed by atoms with van der Waals surface area (Å²) >= 11 is 0. The SMILES string of the molecule is Cl.N#CC[C@@H](N)c1cccnc1F. The van der Waals surface area contributed by atoms with E-state index in [-0.39, 0.29) is 18.8 Å². The minimum atomic E-state index is -0.597. The van der Waals surface area contributed by atoms with Crippen LogP contribution in [0.4, 0.5) is 4.39 Å². The molecule has 0 spiro atoms. The maximum absolute atomic E-state index is 12.9. The first kappa shape index (κ1) is 11.8. The van der Waals surface area contributed by atoms with Crippen LogP contribution in [0.15, 0.2) is 18.3 Å². The van der Waals surface area contributed by atoms with Crippen molar-refractivity contribution in [3.05, 3.63) is 29.8 Å². The van der Waals surface area contributed by atoms with Gasteiger partial charge >= 0.3 is 0 Å². The van der Waals surface area contributed by atoms with E-state index >= 15 is 0 Å². The van der Waals surface area contributed by atoms with Crippen molar-refractivity contribution in [2.45, 2.75) is 12.5 Å². The van der Waals surface area contributed by atoms with E-state index in [1.807, 2.05) is 6.07 Å². The molecule has 3 nitrogen and oxygen atoms in total. The van der Waals surface area contributed by atoms with Crippen LogP contribution in [-0.4, -0.2) is 4.98 Å². The highest BCUT2D eigenvalue weighted by atomic mass is 35.5. The van der Waals surface area contributed by atoms with E-state index in [9.17, 15) is 4.39 Å². The van der Waals surface area contributed by atoms with Crippen molar-refractivity contribution in [2.24, 2.45) is 5.73 Å². The Morgan fingerprint density at radius 1 is 1.69 bits per heavy atom. The van der Waals surface area contributed by atoms with Gasteiger partial charge in [-0.05, 0) is 6.07 Å². The van der Waals surface area contributed by atoms with Gasteiger partial charge < -0.3 is 5.73 Å². The maximum Gasteiger partial charge on any atom is 0.217 e. The van der Waals surface area contributed by atoms with Gasteiger partial charge in [0.25, 0.3) is 0 Å². The highest BCUT2D eigenvalue weighted by molar-refractivity contribution is 5.85. The summed E-state index contributed by atoms with van der Waals surface area (Å²) in [7, 11) is 0. The van der Waals surface area contributed by atoms with Crippen LogP contribution in [0.1, 0.15) is 18.0 Å². The quantitative estimate of drug-likeness (QED) is 0.739. The summed E-state index contributed by atoms with van der Waals surface area (Å²) in [5.74, 6) is -0.597. The first-order valence-corrected chi connectivity index (χ1v) is 3.48. The van der Waals surface area contributed by atoms with Crippen molar-refractivity contribution >= 4 is 12.4 Å². The molecule has 1 aromatic rings. The Kier molecular flexibility index (Phi) is 4.97. The normalized spacial score (nSPS) is 11.2. The molecule has 1 rings (SSSR count). The number of hydrogen-bond acceptors (Lipinski definition) is 3. The van der Waals surface area contributed by atoms with Gasteiger partial charge in [0.2, 0.25) is 5.95 Å². The van der Waals surface area contributed by atoms with E-state index in [0.717, 1.165) is 0 Å². The summed E-state index contributed by atoms with van der Waals surface area (Å²) in [5.41, 5.74) is 5.79. The van der Waals surface area contributed by atoms with Crippen LogP contribution in [0.2, 0.25) is 0 Å². The molecular formula is C8H9ClFN3. The van der Waals surface area contributed by atoms with E-state index in [0.29, 0.717) is 5.56 Å². The Balaban J connectivity index is 0.00000144. The van der Waals surface area contributed by atoms with Gasteiger partial charge in [0.05, 0.1) is 12.5 Å². The molecule has 0 amide bonds. The molecule has 0 aliphatic carbocycles. The first-order chi connectivity index (χ1) is 5.75. The third kappa shape index (κ3) is 2.98. The third-order valence-corrected chi connectivity index (χ3v) is 1.50. The number of nitriles is 1. The van der Waals surface area contributed by atoms with Crippen molar-refractivity contribution < 1.29 is 4.39 Å². The van der Waals surface area contributed by atoms with Gasteiger partial charge in [-0.2, -0.15) is 9.65 Å². The molecule has 2 N–H and O–H groups in total. The number of aromatic nitrogens is 1. The van der Waals surface area contributed by atoms with E-state index in [1.54, 1.807) is 6.07 Å². The Morgan fingerprint density at radius 3 is 2.92 bits per heavy atom. The summed E-state index contributed by atoms with van der Waals surface area (Å²) in [6.45, 7) is 0. The van der Waals surface area contributed by atoms with Gasteiger partial charge in [-0.25, -0.2) is 4.98 Å². The van der Waals surface area contributed by atoms with E-state index < -0.39 is 12.0 Å². The fourth-order valence-electron chi connectivity index (χ4n) is 0.883. The number of nitrogens with zero attached hydrogens (tertiary/aromatic N) is 2. The maximum atomic E-state index is 12.9. The van der Waals surface area contributed by atoms with Gasteiger partial charge in [0, 0.05) is 17.8 Å². The summed E-state index contributed by atoms with van der Waals surface area (Å²) in [5, 5.41) is 8.32. The average Bonchev–Trinajstić information content (AvgIpc) is 2.05. The average molecular weight is 202 g/mol. The van der Waals surface area contributed by atoms with E-state index in [1.165, 1.54) is 12.3 Å². The lowest BCUT2D eigenvalue weighted by Crippen LogP contribution is -2.11. The van der Waals surface area contributed by atoms with Crippen LogP contribution in [0.3, 0.4) is 0 Å². The zero-order chi connectivity index (χ0) is 8.97. The molecular weight excluding hydrogens is 193 g/mol. The molecule has 0 aliphatic heterocycles. The highest BCUT2D eigenvalue weighted by Crippen LogP contribution is 2.14. The van der Waals surface area contributed by atoms with E-state index in [4.69, 9.17) is 11.0 Å². The molecule has 1 atom stereocenters. The molecule has 13 heavy (non-hydrogen) atoms. The van der Waals surface area contributed by atoms with Gasteiger partial charge in [0.1, 0.15) is 0 Å². The molecule has 0 bridgehead atoms. The smallest absolute Gasteiger partial charge is 0.217 e. The second kappa shape index (κ2) is 5.46. The predicted molar refractivity (Wildman–Crippen MR) is 48.6 cm³/mol. The molecule has 0 fully saturated rings. The standard InChI is InChI=1S/C8H8FN3.ClH/c9-8-6(2-1-5-12-8)7(11)3-4-10;/h1-2,5,7H,3,11H2;1H/t7-;/m1./s1. The highest BCUT2D eigenvalue weighted by Gasteiger charge is 2.10. The lowest BCUT2D eigenvalue weighted by atomic mass is 10.1. The van der Waals surface area contributed by atoms with Gasteiger partial charge in [-0.1, -0.05) is 6.07 Å². The zero-order valence-electron chi connectivity index (χ0n) is 6.77. The van der Waals surface area contributed by atoms with Gasteiger partial charge in [-0.15, -0.1) is 12.4 Å². The summed E-state index contributed by atoms with van der Waals surface area (Å²) < 4.78 is 12.9. The van der Waals surface area contributed by atoms with Crippen molar-refractivity contribution in [2.75, 3.05) is 0 Å². The number of rotatable bonds is 2. The molecule has 0 aromatic carbocycles. The van der Waals surface area contributed by atoms with Crippen molar-refractivity contribution in [3.63, 3.8) is 0 Å². The van der Waals surface area contributed by atoms with Crippen molar-refractivity contribution in [3.8, 4) is 6.07 Å². The first-order valence-electron chi connectivity index (χ1n) is 3.48. The van der Waals surface area contributed by atoms with Crippen molar-refractivity contribution in [1.29, 1.82) is 5.26 Å². The molecule has 0 saturated carbocycles. The van der Waals surface area contributed by atoms with Gasteiger partial charge in [0.15, 0.2) is 0 Å². The number of halogens is 2. The number of nitrogens with two attached hydrogens (primary N) is 1. The zero-order valence-corrected chi connectivity index (χ0v) is 7.59. The lowest BCUT2D eigenvalue weighted by Gasteiger charge is -2.06. The second-order valence-electron chi connectivity index (χ2n) is 2.35. The third-order valence-electron chi connectivity index (χ3n) is 1.50. The summed E-state index contributed by atoms with van der Waals surface area (Å²) in [6.07, 6.45) is 1.44. The topological polar surface area (TPSA) is 62.7 Å². The van der Waals surface area contributed by atoms with Crippen LogP contribution in [-0.2, 0) is 0 Å². The molecule has 0 saturated heterocycles. The van der Waals surface area contributed by atoms with Crippen LogP contribution < -0.4 is 5.73 Å². The molecule has 0 unspecified atom stereocenters. The van der Waals surface area contributed by atoms with Crippen LogP contribution >= 0.6 is 12.4 Å². The minimum absolute atomic E-state index is 0. The Morgan fingerprint density at radius 2 is 2.38 bits per heavy atom. The predicted octanol–water partition coefficient (Wildman–Crippen LogP) is 1.56. The Labute approximate surface area is 81.8 Å². The molecule has 0 aliphatic rings. The summed E-state index contributed by atoms with van der Waals surface area (Å²) in [4.78, 5) is 3.43. The molecule has 1 heterocycles. The van der Waals surface area contributed by atoms with Crippen LogP contribution in [0.5, 0.6) is 0 Å². The largest absolute Gasteiger partial charge is 0.323 e. The fourth-order valence-corrected chi connectivity index (χ4v) is 0.883. The molecule has 70 valence electrons. The number of pyridine rings is 1. The van der Waals surface area contributed by atoms with Crippen molar-refractivity contribution in [1.82, 2.24) is 4.98 Å². The Hall–Kier alpha value is -1.18. The summed E-state index contributed by atoms with van der Waals surface area (Å²) in [6, 6.07) is 4.42.